The van der Waals surface area contributed by atoms with Gasteiger partial charge in [-0.25, -0.2) is 0 Å². The van der Waals surface area contributed by atoms with Gasteiger partial charge in [-0.1, -0.05) is 38.1 Å². The van der Waals surface area contributed by atoms with Crippen LogP contribution >= 0.6 is 0 Å². The van der Waals surface area contributed by atoms with Gasteiger partial charge in [-0.15, -0.1) is 0 Å². The average Bonchev–Trinajstić information content (AvgIpc) is 2.45. The fraction of sp³-hybridized carbons (Fsp3) is 0.647. The lowest BCUT2D eigenvalue weighted by atomic mass is 9.76. The summed E-state index contributed by atoms with van der Waals surface area (Å²) in [5, 5.41) is 3.59. The maximum atomic E-state index is 3.59. The van der Waals surface area contributed by atoms with Gasteiger partial charge in [0.05, 0.1) is 0 Å². The molecule has 1 aliphatic heterocycles. The first-order valence-electron chi connectivity index (χ1n) is 7.82. The zero-order valence-corrected chi connectivity index (χ0v) is 12.3. The molecule has 1 atom stereocenters. The number of piperazine rings is 1. The highest BCUT2D eigenvalue weighted by molar-refractivity contribution is 5.40. The summed E-state index contributed by atoms with van der Waals surface area (Å²) in [6.45, 7) is 9.46. The van der Waals surface area contributed by atoms with Crippen LogP contribution in [0.3, 0.4) is 0 Å². The molecule has 1 N–H and O–H groups in total. The summed E-state index contributed by atoms with van der Waals surface area (Å²) >= 11 is 0. The highest BCUT2D eigenvalue weighted by Gasteiger charge is 2.38. The number of nitrogens with zero attached hydrogens (tertiary/aromatic N) is 1. The summed E-state index contributed by atoms with van der Waals surface area (Å²) in [6.07, 6.45) is 3.79. The van der Waals surface area contributed by atoms with Crippen molar-refractivity contribution in [1.82, 2.24) is 10.2 Å². The molecule has 0 aromatic heterocycles. The number of rotatable bonds is 4. The zero-order chi connectivity index (χ0) is 13.3. The van der Waals surface area contributed by atoms with Gasteiger partial charge in [-0.3, -0.25) is 4.90 Å². The van der Waals surface area contributed by atoms with Crippen molar-refractivity contribution in [3.8, 4) is 0 Å². The number of hydrogen-bond acceptors (Lipinski definition) is 2. The van der Waals surface area contributed by atoms with Crippen LogP contribution in [0.4, 0.5) is 0 Å². The molecule has 0 amide bonds. The second-order valence-corrected chi connectivity index (χ2v) is 6.15. The van der Waals surface area contributed by atoms with Gasteiger partial charge in [0.25, 0.3) is 0 Å². The zero-order valence-electron chi connectivity index (χ0n) is 12.3. The second-order valence-electron chi connectivity index (χ2n) is 6.15. The van der Waals surface area contributed by atoms with E-state index in [-0.39, 0.29) is 0 Å². The van der Waals surface area contributed by atoms with E-state index in [2.05, 4.69) is 48.3 Å². The van der Waals surface area contributed by atoms with Gasteiger partial charge in [0.2, 0.25) is 0 Å². The van der Waals surface area contributed by atoms with Crippen LogP contribution in [0.1, 0.15) is 43.7 Å². The van der Waals surface area contributed by atoms with Crippen molar-refractivity contribution in [2.45, 2.75) is 44.6 Å². The molecule has 1 fully saturated rings. The lowest BCUT2D eigenvalue weighted by Crippen LogP contribution is -2.61. The first-order valence-corrected chi connectivity index (χ1v) is 7.82. The lowest BCUT2D eigenvalue weighted by molar-refractivity contribution is 0.0441. The van der Waals surface area contributed by atoms with Crippen LogP contribution in [-0.4, -0.2) is 36.6 Å². The van der Waals surface area contributed by atoms with E-state index in [4.69, 9.17) is 0 Å². The van der Waals surface area contributed by atoms with Gasteiger partial charge in [0.1, 0.15) is 0 Å². The largest absolute Gasteiger partial charge is 0.314 e. The summed E-state index contributed by atoms with van der Waals surface area (Å²) in [6, 6.07) is 8.97. The second kappa shape index (κ2) is 5.26. The quantitative estimate of drug-likeness (QED) is 0.893. The van der Waals surface area contributed by atoms with Crippen LogP contribution in [0.25, 0.3) is 0 Å². The van der Waals surface area contributed by atoms with E-state index in [0.29, 0.717) is 5.54 Å². The minimum Gasteiger partial charge on any atom is -0.314 e. The van der Waals surface area contributed by atoms with E-state index in [1.807, 2.05) is 0 Å². The Morgan fingerprint density at radius 2 is 2.05 bits per heavy atom. The molecule has 2 aliphatic rings. The Hall–Kier alpha value is -0.860. The number of hydrogen-bond donors (Lipinski definition) is 1. The summed E-state index contributed by atoms with van der Waals surface area (Å²) in [5.74, 6) is 0.770. The Kier molecular flexibility index (Phi) is 3.64. The highest BCUT2D eigenvalue weighted by Crippen LogP contribution is 2.37. The Balaban J connectivity index is 1.72. The van der Waals surface area contributed by atoms with Crippen LogP contribution in [0, 0.1) is 0 Å². The number of nitrogens with one attached hydrogen (secondary N) is 1. The van der Waals surface area contributed by atoms with Gasteiger partial charge in [0.15, 0.2) is 0 Å². The third-order valence-electron chi connectivity index (χ3n) is 5.40. The first kappa shape index (κ1) is 13.1. The molecule has 3 rings (SSSR count). The van der Waals surface area contributed by atoms with E-state index >= 15 is 0 Å². The maximum absolute atomic E-state index is 3.59. The van der Waals surface area contributed by atoms with Gasteiger partial charge < -0.3 is 5.32 Å². The molecule has 0 saturated carbocycles. The molecule has 1 aromatic carbocycles. The summed E-state index contributed by atoms with van der Waals surface area (Å²) in [5.41, 5.74) is 3.56. The molecular formula is C17H26N2. The minimum absolute atomic E-state index is 0.392. The summed E-state index contributed by atoms with van der Waals surface area (Å²) in [4.78, 5) is 2.77. The van der Waals surface area contributed by atoms with Crippen molar-refractivity contribution in [2.24, 2.45) is 0 Å². The van der Waals surface area contributed by atoms with Crippen LogP contribution in [0.2, 0.25) is 0 Å². The predicted octanol–water partition coefficient (Wildman–Crippen LogP) is 2.79. The predicted molar refractivity (Wildman–Crippen MR) is 80.6 cm³/mol. The fourth-order valence-corrected chi connectivity index (χ4v) is 3.91. The molecule has 0 spiro atoms. The van der Waals surface area contributed by atoms with Crippen molar-refractivity contribution < 1.29 is 0 Å². The molecule has 104 valence electrons. The fourth-order valence-electron chi connectivity index (χ4n) is 3.91. The molecule has 2 nitrogen and oxygen atoms in total. The number of benzene rings is 1. The first-order chi connectivity index (χ1) is 9.29. The van der Waals surface area contributed by atoms with Crippen LogP contribution in [0.15, 0.2) is 24.3 Å². The van der Waals surface area contributed by atoms with Crippen molar-refractivity contribution >= 4 is 0 Å². The summed E-state index contributed by atoms with van der Waals surface area (Å²) in [7, 11) is 0. The Morgan fingerprint density at radius 1 is 1.26 bits per heavy atom. The van der Waals surface area contributed by atoms with Crippen molar-refractivity contribution in [3.63, 3.8) is 0 Å². The lowest BCUT2D eigenvalue weighted by Gasteiger charge is -2.49. The molecule has 19 heavy (non-hydrogen) atoms. The Bertz CT molecular complexity index is 437. The standard InChI is InChI=1S/C17H26N2/c1-3-17(4-2)13-18-9-10-19(17)12-15-11-14-7-5-6-8-16(14)15/h5-8,15,18H,3-4,9-13H2,1-2H3. The van der Waals surface area contributed by atoms with E-state index in [1.54, 1.807) is 11.1 Å². The van der Waals surface area contributed by atoms with E-state index in [9.17, 15) is 0 Å². The monoisotopic (exact) mass is 258 g/mol. The number of fused-ring (bicyclic) bond motifs is 1. The van der Waals surface area contributed by atoms with Crippen LogP contribution in [0.5, 0.6) is 0 Å². The molecular weight excluding hydrogens is 232 g/mol. The molecule has 0 radical (unpaired) electrons. The van der Waals surface area contributed by atoms with Crippen molar-refractivity contribution in [2.75, 3.05) is 26.2 Å². The molecule has 1 aliphatic carbocycles. The van der Waals surface area contributed by atoms with E-state index in [0.717, 1.165) is 19.0 Å². The van der Waals surface area contributed by atoms with Crippen molar-refractivity contribution in [3.05, 3.63) is 35.4 Å². The molecule has 1 aromatic rings. The average molecular weight is 258 g/mol. The van der Waals surface area contributed by atoms with E-state index in [1.165, 1.54) is 32.4 Å². The molecule has 1 heterocycles. The highest BCUT2D eigenvalue weighted by atomic mass is 15.3. The Labute approximate surface area is 117 Å². The molecule has 1 unspecified atom stereocenters. The third kappa shape index (κ3) is 2.21. The smallest absolute Gasteiger partial charge is 0.0329 e. The Morgan fingerprint density at radius 3 is 2.79 bits per heavy atom. The van der Waals surface area contributed by atoms with Gasteiger partial charge in [0, 0.05) is 37.6 Å². The van der Waals surface area contributed by atoms with Crippen molar-refractivity contribution in [1.29, 1.82) is 0 Å². The molecule has 0 bridgehead atoms. The van der Waals surface area contributed by atoms with Crippen LogP contribution in [-0.2, 0) is 6.42 Å². The third-order valence-corrected chi connectivity index (χ3v) is 5.40. The topological polar surface area (TPSA) is 15.3 Å². The van der Waals surface area contributed by atoms with Crippen LogP contribution < -0.4 is 5.32 Å². The SMILES string of the molecule is CCC1(CC)CNCCN1CC1Cc2ccccc21. The van der Waals surface area contributed by atoms with Gasteiger partial charge in [-0.2, -0.15) is 0 Å². The molecule has 1 saturated heterocycles. The maximum Gasteiger partial charge on any atom is 0.0329 e. The normalized spacial score (nSPS) is 25.7. The summed E-state index contributed by atoms with van der Waals surface area (Å²) < 4.78 is 0. The van der Waals surface area contributed by atoms with Gasteiger partial charge in [-0.05, 0) is 30.4 Å². The van der Waals surface area contributed by atoms with Gasteiger partial charge >= 0.3 is 0 Å². The van der Waals surface area contributed by atoms with E-state index < -0.39 is 0 Å². The minimum atomic E-state index is 0.392. The molecule has 2 heteroatoms.